The minimum Gasteiger partial charge on any atom is -0.292 e. The van der Waals surface area contributed by atoms with E-state index in [1.54, 1.807) is 13.8 Å². The lowest BCUT2D eigenvalue weighted by Crippen LogP contribution is -2.26. The highest BCUT2D eigenvalue weighted by Gasteiger charge is 2.31. The van der Waals surface area contributed by atoms with Crippen LogP contribution in [0.1, 0.15) is 51.5 Å². The summed E-state index contributed by atoms with van der Waals surface area (Å²) in [6.07, 6.45) is 8.06. The summed E-state index contributed by atoms with van der Waals surface area (Å²) in [5, 5.41) is 6.85. The van der Waals surface area contributed by atoms with E-state index in [9.17, 15) is 4.57 Å². The van der Waals surface area contributed by atoms with Gasteiger partial charge in [0.1, 0.15) is 0 Å². The molecule has 31 heavy (non-hydrogen) atoms. The molecule has 1 saturated carbocycles. The first-order chi connectivity index (χ1) is 15.1. The Kier molecular flexibility index (Phi) is 8.89. The predicted octanol–water partition coefficient (Wildman–Crippen LogP) is 7.32. The van der Waals surface area contributed by atoms with E-state index in [4.69, 9.17) is 13.7 Å². The molecule has 0 amide bonds. The van der Waals surface area contributed by atoms with Crippen molar-refractivity contribution in [3.8, 4) is 0 Å². The average Bonchev–Trinajstić information content (AvgIpc) is 2.79. The third kappa shape index (κ3) is 6.52. The van der Waals surface area contributed by atoms with Crippen molar-refractivity contribution in [3.05, 3.63) is 60.7 Å². The number of fused-ring (bicyclic) bond motifs is 1. The Bertz CT molecular complexity index is 932. The molecule has 2 aromatic carbocycles. The zero-order valence-electron chi connectivity index (χ0n) is 18.7. The zero-order chi connectivity index (χ0) is 22.1. The van der Waals surface area contributed by atoms with Crippen molar-refractivity contribution in [1.29, 1.82) is 0 Å². The SMILES string of the molecule is C=C[C@@H]1CCCC[C@H]1/C(CCc1ccc2ccccc2c1)=N/OP(=O)(OCC)OCC. The third-order valence-electron chi connectivity index (χ3n) is 5.87. The van der Waals surface area contributed by atoms with Crippen LogP contribution in [0.25, 0.3) is 10.8 Å². The van der Waals surface area contributed by atoms with Crippen LogP contribution in [0, 0.1) is 11.8 Å². The minimum absolute atomic E-state index is 0.234. The van der Waals surface area contributed by atoms with E-state index < -0.39 is 7.82 Å². The van der Waals surface area contributed by atoms with Gasteiger partial charge in [0.05, 0.1) is 18.9 Å². The van der Waals surface area contributed by atoms with E-state index in [-0.39, 0.29) is 19.1 Å². The Hall–Kier alpha value is -1.94. The average molecular weight is 444 g/mol. The minimum atomic E-state index is -3.69. The maximum absolute atomic E-state index is 12.8. The van der Waals surface area contributed by atoms with Crippen LogP contribution in [0.15, 0.2) is 60.3 Å². The van der Waals surface area contributed by atoms with Crippen molar-refractivity contribution in [2.45, 2.75) is 52.4 Å². The first-order valence-electron chi connectivity index (χ1n) is 11.3. The summed E-state index contributed by atoms with van der Waals surface area (Å²) in [6.45, 7) is 8.02. The van der Waals surface area contributed by atoms with Crippen LogP contribution >= 0.6 is 7.82 Å². The molecule has 0 aliphatic heterocycles. The smallest absolute Gasteiger partial charge is 0.292 e. The summed E-state index contributed by atoms with van der Waals surface area (Å²) in [6, 6.07) is 14.9. The van der Waals surface area contributed by atoms with Gasteiger partial charge in [0.2, 0.25) is 0 Å². The number of aryl methyl sites for hydroxylation is 1. The molecule has 3 rings (SSSR count). The highest BCUT2D eigenvalue weighted by Crippen LogP contribution is 2.50. The summed E-state index contributed by atoms with van der Waals surface area (Å²) < 4.78 is 28.7. The van der Waals surface area contributed by atoms with Crippen molar-refractivity contribution in [2.75, 3.05) is 13.2 Å². The van der Waals surface area contributed by atoms with Gasteiger partial charge in [-0.3, -0.25) is 13.7 Å². The number of hydrogen-bond donors (Lipinski definition) is 0. The van der Waals surface area contributed by atoms with E-state index in [1.807, 2.05) is 6.08 Å². The molecule has 0 spiro atoms. The summed E-state index contributed by atoms with van der Waals surface area (Å²) >= 11 is 0. The maximum atomic E-state index is 12.8. The predicted molar refractivity (Wildman–Crippen MR) is 127 cm³/mol. The summed E-state index contributed by atoms with van der Waals surface area (Å²) in [5.41, 5.74) is 2.16. The molecule has 5 nitrogen and oxygen atoms in total. The summed E-state index contributed by atoms with van der Waals surface area (Å²) in [5.74, 6) is 0.592. The fourth-order valence-corrected chi connectivity index (χ4v) is 5.33. The van der Waals surface area contributed by atoms with Crippen molar-refractivity contribution < 1.29 is 18.2 Å². The van der Waals surface area contributed by atoms with Gasteiger partial charge in [-0.2, -0.15) is 0 Å². The molecule has 2 aromatic rings. The number of phosphoric acid groups is 1. The van der Waals surface area contributed by atoms with E-state index >= 15 is 0 Å². The number of rotatable bonds is 11. The second kappa shape index (κ2) is 11.6. The number of phosphoric ester groups is 1. The van der Waals surface area contributed by atoms with Gasteiger partial charge in [-0.1, -0.05) is 66.5 Å². The van der Waals surface area contributed by atoms with E-state index in [0.29, 0.717) is 5.92 Å². The van der Waals surface area contributed by atoms with Crippen LogP contribution in [0.3, 0.4) is 0 Å². The van der Waals surface area contributed by atoms with Crippen molar-refractivity contribution in [1.82, 2.24) is 0 Å². The standard InChI is InChI=1S/C25H34NO4P/c1-4-21-11-9-10-14-24(21)25(26-30-31(27,28-5-2)29-6-3)18-16-20-15-17-22-12-7-8-13-23(22)19-20/h4,7-8,12-13,15,17,19,21,24H,1,5-6,9-11,14,16,18H2,2-3H3/b26-25+/t21-,24-/m1/s1. The van der Waals surface area contributed by atoms with Crippen LogP contribution in [0.5, 0.6) is 0 Å². The molecule has 0 radical (unpaired) electrons. The normalized spacial score (nSPS) is 20.0. The maximum Gasteiger partial charge on any atom is 0.550 e. The Morgan fingerprint density at radius 1 is 1.10 bits per heavy atom. The Morgan fingerprint density at radius 2 is 1.81 bits per heavy atom. The number of allylic oxidation sites excluding steroid dienone is 1. The first-order valence-corrected chi connectivity index (χ1v) is 12.8. The van der Waals surface area contributed by atoms with Crippen molar-refractivity contribution in [3.63, 3.8) is 0 Å². The molecule has 168 valence electrons. The van der Waals surface area contributed by atoms with E-state index in [1.165, 1.54) is 22.8 Å². The Morgan fingerprint density at radius 3 is 2.52 bits per heavy atom. The van der Waals surface area contributed by atoms with Gasteiger partial charge in [-0.25, -0.2) is 4.57 Å². The molecule has 2 atom stereocenters. The monoisotopic (exact) mass is 443 g/mol. The molecule has 0 unspecified atom stereocenters. The van der Waals surface area contributed by atoms with Crippen LogP contribution in [0.4, 0.5) is 0 Å². The fourth-order valence-electron chi connectivity index (χ4n) is 4.32. The van der Waals surface area contributed by atoms with Gasteiger partial charge < -0.3 is 0 Å². The molecule has 1 aliphatic carbocycles. The molecule has 1 aliphatic rings. The van der Waals surface area contributed by atoms with Gasteiger partial charge in [0.15, 0.2) is 0 Å². The second-order valence-corrected chi connectivity index (χ2v) is 9.49. The Labute approximate surface area is 186 Å². The first kappa shape index (κ1) is 23.7. The van der Waals surface area contributed by atoms with Gasteiger partial charge in [-0.05, 0) is 61.8 Å². The molecule has 6 heteroatoms. The van der Waals surface area contributed by atoms with Crippen molar-refractivity contribution >= 4 is 24.3 Å². The lowest BCUT2D eigenvalue weighted by atomic mass is 9.75. The molecule has 0 aromatic heterocycles. The van der Waals surface area contributed by atoms with Gasteiger partial charge >= 0.3 is 7.82 Å². The van der Waals surface area contributed by atoms with E-state index in [0.717, 1.165) is 37.8 Å². The van der Waals surface area contributed by atoms with Crippen LogP contribution in [-0.4, -0.2) is 18.9 Å². The topological polar surface area (TPSA) is 57.1 Å². The largest absolute Gasteiger partial charge is 0.550 e. The quantitative estimate of drug-likeness (QED) is 0.158. The summed E-state index contributed by atoms with van der Waals surface area (Å²) in [7, 11) is -3.69. The van der Waals surface area contributed by atoms with Crippen LogP contribution in [-0.2, 0) is 24.7 Å². The molecular formula is C25H34NO4P. The van der Waals surface area contributed by atoms with Gasteiger partial charge in [-0.15, -0.1) is 6.58 Å². The number of hydrogen-bond acceptors (Lipinski definition) is 5. The lowest BCUT2D eigenvalue weighted by molar-refractivity contribution is 0.123. The number of benzene rings is 2. The lowest BCUT2D eigenvalue weighted by Gasteiger charge is -2.30. The number of oxime groups is 1. The fraction of sp³-hybridized carbons (Fsp3) is 0.480. The summed E-state index contributed by atoms with van der Waals surface area (Å²) in [4.78, 5) is 0. The molecule has 0 heterocycles. The van der Waals surface area contributed by atoms with Crippen LogP contribution in [0.2, 0.25) is 0 Å². The third-order valence-corrected chi connectivity index (χ3v) is 7.30. The molecular weight excluding hydrogens is 409 g/mol. The highest BCUT2D eigenvalue weighted by atomic mass is 31.2. The second-order valence-electron chi connectivity index (χ2n) is 7.92. The molecule has 1 fully saturated rings. The number of nitrogens with zero attached hydrogens (tertiary/aromatic N) is 1. The van der Waals surface area contributed by atoms with E-state index in [2.05, 4.69) is 54.2 Å². The highest BCUT2D eigenvalue weighted by molar-refractivity contribution is 7.48. The molecule has 0 bridgehead atoms. The Balaban J connectivity index is 1.81. The van der Waals surface area contributed by atoms with Gasteiger partial charge in [0.25, 0.3) is 0 Å². The van der Waals surface area contributed by atoms with Gasteiger partial charge in [0, 0.05) is 5.92 Å². The molecule has 0 saturated heterocycles. The zero-order valence-corrected chi connectivity index (χ0v) is 19.6. The van der Waals surface area contributed by atoms with Crippen molar-refractivity contribution in [2.24, 2.45) is 17.0 Å². The van der Waals surface area contributed by atoms with Crippen LogP contribution < -0.4 is 0 Å². The molecule has 0 N–H and O–H groups in total.